The highest BCUT2D eigenvalue weighted by atomic mass is 19.4. The highest BCUT2D eigenvalue weighted by molar-refractivity contribution is 5.67. The van der Waals surface area contributed by atoms with Gasteiger partial charge in [-0.15, -0.1) is 13.2 Å². The molecule has 0 fully saturated rings. The molecule has 0 unspecified atom stereocenters. The maximum absolute atomic E-state index is 12.6. The molecule has 2 aromatic heterocycles. The zero-order valence-corrected chi connectivity index (χ0v) is 15.4. The number of anilines is 1. The first kappa shape index (κ1) is 19.1. The van der Waals surface area contributed by atoms with E-state index in [9.17, 15) is 13.2 Å². The third kappa shape index (κ3) is 4.62. The minimum atomic E-state index is -4.75. The van der Waals surface area contributed by atoms with Gasteiger partial charge in [-0.05, 0) is 23.8 Å². The molecule has 0 bridgehead atoms. The largest absolute Gasteiger partial charge is 0.573 e. The lowest BCUT2D eigenvalue weighted by molar-refractivity contribution is -0.274. The number of alkyl halides is 3. The minimum absolute atomic E-state index is 0.271. The number of benzene rings is 1. The van der Waals surface area contributed by atoms with E-state index in [1.54, 1.807) is 30.6 Å². The topological polar surface area (TPSA) is 77.2 Å². The Kier molecular flexibility index (Phi) is 5.06. The molecular formula is C20H18F3N5O. The van der Waals surface area contributed by atoms with E-state index in [4.69, 9.17) is 5.73 Å². The number of pyridine rings is 1. The third-order valence-electron chi connectivity index (χ3n) is 4.65. The Morgan fingerprint density at radius 2 is 1.90 bits per heavy atom. The van der Waals surface area contributed by atoms with E-state index in [1.807, 2.05) is 6.07 Å². The van der Waals surface area contributed by atoms with Crippen LogP contribution >= 0.6 is 0 Å². The number of hydrogen-bond acceptors (Lipinski definition) is 6. The second kappa shape index (κ2) is 7.67. The maximum Gasteiger partial charge on any atom is 0.573 e. The number of nitrogens with zero attached hydrogens (tertiary/aromatic N) is 4. The number of para-hydroxylation sites is 1. The van der Waals surface area contributed by atoms with Gasteiger partial charge in [-0.3, -0.25) is 9.88 Å². The van der Waals surface area contributed by atoms with Crippen molar-refractivity contribution >= 4 is 5.95 Å². The first-order chi connectivity index (χ1) is 13.9. The summed E-state index contributed by atoms with van der Waals surface area (Å²) in [5.74, 6) is 0.0129. The third-order valence-corrected chi connectivity index (χ3v) is 4.65. The second-order valence-corrected chi connectivity index (χ2v) is 6.76. The lowest BCUT2D eigenvalue weighted by Crippen LogP contribution is -2.31. The molecule has 3 heterocycles. The van der Waals surface area contributed by atoms with Crippen molar-refractivity contribution in [1.29, 1.82) is 0 Å². The number of halogens is 3. The minimum Gasteiger partial charge on any atom is -0.405 e. The van der Waals surface area contributed by atoms with E-state index in [0.29, 0.717) is 18.8 Å². The van der Waals surface area contributed by atoms with Gasteiger partial charge >= 0.3 is 6.36 Å². The number of aromatic nitrogens is 3. The average molecular weight is 401 g/mol. The molecule has 1 aromatic carbocycles. The summed E-state index contributed by atoms with van der Waals surface area (Å²) in [5.41, 5.74) is 9.32. The first-order valence-corrected chi connectivity index (χ1v) is 9.00. The summed E-state index contributed by atoms with van der Waals surface area (Å²) in [5, 5.41) is 0. The molecule has 4 rings (SSSR count). The molecule has 0 saturated heterocycles. The molecule has 1 aliphatic heterocycles. The van der Waals surface area contributed by atoms with Crippen molar-refractivity contribution in [1.82, 2.24) is 19.9 Å². The quantitative estimate of drug-likeness (QED) is 0.720. The van der Waals surface area contributed by atoms with Gasteiger partial charge in [0.05, 0.1) is 11.4 Å². The molecule has 0 aliphatic carbocycles. The SMILES string of the molecule is Nc1ncc2c(n1)CCN(Cc1ccc(-c3ccccc3OC(F)(F)F)nc1)C2. The van der Waals surface area contributed by atoms with E-state index in [1.165, 1.54) is 12.1 Å². The molecule has 2 N–H and O–H groups in total. The van der Waals surface area contributed by atoms with Crippen LogP contribution in [0.15, 0.2) is 48.8 Å². The van der Waals surface area contributed by atoms with E-state index in [-0.39, 0.29) is 17.3 Å². The predicted octanol–water partition coefficient (Wildman–Crippen LogP) is 3.58. The van der Waals surface area contributed by atoms with Gasteiger partial charge < -0.3 is 10.5 Å². The van der Waals surface area contributed by atoms with Crippen molar-refractivity contribution in [2.24, 2.45) is 0 Å². The van der Waals surface area contributed by atoms with Crippen LogP contribution in [0.5, 0.6) is 5.75 Å². The summed E-state index contributed by atoms with van der Waals surface area (Å²) in [4.78, 5) is 14.9. The number of fused-ring (bicyclic) bond motifs is 1. The van der Waals surface area contributed by atoms with Crippen molar-refractivity contribution in [2.45, 2.75) is 25.9 Å². The molecule has 0 saturated carbocycles. The average Bonchev–Trinajstić information content (AvgIpc) is 2.68. The van der Waals surface area contributed by atoms with Crippen molar-refractivity contribution in [3.63, 3.8) is 0 Å². The van der Waals surface area contributed by atoms with Crippen molar-refractivity contribution < 1.29 is 17.9 Å². The molecule has 29 heavy (non-hydrogen) atoms. The predicted molar refractivity (Wildman–Crippen MR) is 101 cm³/mol. The lowest BCUT2D eigenvalue weighted by Gasteiger charge is -2.27. The van der Waals surface area contributed by atoms with Gasteiger partial charge in [0.15, 0.2) is 0 Å². The van der Waals surface area contributed by atoms with Gasteiger partial charge in [0, 0.05) is 49.6 Å². The molecule has 150 valence electrons. The summed E-state index contributed by atoms with van der Waals surface area (Å²) in [6.45, 7) is 2.20. The Morgan fingerprint density at radius 1 is 1.07 bits per heavy atom. The zero-order valence-electron chi connectivity index (χ0n) is 15.4. The van der Waals surface area contributed by atoms with E-state index in [0.717, 1.165) is 29.8 Å². The molecular weight excluding hydrogens is 383 g/mol. The van der Waals surface area contributed by atoms with Gasteiger partial charge in [0.2, 0.25) is 5.95 Å². The van der Waals surface area contributed by atoms with Crippen LogP contribution in [0.1, 0.15) is 16.8 Å². The number of rotatable bonds is 4. The summed E-state index contributed by atoms with van der Waals surface area (Å²) in [7, 11) is 0. The Morgan fingerprint density at radius 3 is 2.66 bits per heavy atom. The molecule has 9 heteroatoms. The molecule has 0 spiro atoms. The Bertz CT molecular complexity index is 1010. The number of ether oxygens (including phenoxy) is 1. The summed E-state index contributed by atoms with van der Waals surface area (Å²) < 4.78 is 42.0. The number of hydrogen-bond donors (Lipinski definition) is 1. The summed E-state index contributed by atoms with van der Waals surface area (Å²) in [6, 6.07) is 9.53. The van der Waals surface area contributed by atoms with Crippen LogP contribution in [-0.2, 0) is 19.5 Å². The first-order valence-electron chi connectivity index (χ1n) is 9.00. The molecule has 1 aliphatic rings. The maximum atomic E-state index is 12.6. The fraction of sp³-hybridized carbons (Fsp3) is 0.250. The number of nitrogen functional groups attached to an aromatic ring is 1. The highest BCUT2D eigenvalue weighted by Gasteiger charge is 2.32. The molecule has 0 atom stereocenters. The van der Waals surface area contributed by atoms with Crippen LogP contribution in [0.3, 0.4) is 0 Å². The van der Waals surface area contributed by atoms with E-state index in [2.05, 4.69) is 24.6 Å². The van der Waals surface area contributed by atoms with Gasteiger partial charge in [-0.2, -0.15) is 0 Å². The lowest BCUT2D eigenvalue weighted by atomic mass is 10.1. The highest BCUT2D eigenvalue weighted by Crippen LogP contribution is 2.32. The smallest absolute Gasteiger partial charge is 0.405 e. The van der Waals surface area contributed by atoms with E-state index >= 15 is 0 Å². The standard InChI is InChI=1S/C20H18F3N5O/c21-20(22,23)29-18-4-2-1-3-15(18)17-6-5-13(9-25-17)11-28-8-7-16-14(12-28)10-26-19(24)27-16/h1-6,9-10H,7-8,11-12H2,(H2,24,26,27). The molecule has 0 amide bonds. The van der Waals surface area contributed by atoms with Gasteiger partial charge in [-0.1, -0.05) is 18.2 Å². The monoisotopic (exact) mass is 401 g/mol. The fourth-order valence-electron chi connectivity index (χ4n) is 3.35. The van der Waals surface area contributed by atoms with E-state index < -0.39 is 6.36 Å². The second-order valence-electron chi connectivity index (χ2n) is 6.76. The molecule has 0 radical (unpaired) electrons. The van der Waals surface area contributed by atoms with Gasteiger partial charge in [-0.25, -0.2) is 9.97 Å². The summed E-state index contributed by atoms with van der Waals surface area (Å²) in [6.07, 6.45) is -0.540. The van der Waals surface area contributed by atoms with Gasteiger partial charge in [0.25, 0.3) is 0 Å². The van der Waals surface area contributed by atoms with Crippen LogP contribution in [0.2, 0.25) is 0 Å². The fourth-order valence-corrected chi connectivity index (χ4v) is 3.35. The van der Waals surface area contributed by atoms with Crippen LogP contribution < -0.4 is 10.5 Å². The zero-order chi connectivity index (χ0) is 20.4. The van der Waals surface area contributed by atoms with Crippen molar-refractivity contribution in [2.75, 3.05) is 12.3 Å². The van der Waals surface area contributed by atoms with Crippen molar-refractivity contribution in [3.05, 3.63) is 65.6 Å². The van der Waals surface area contributed by atoms with Crippen LogP contribution in [0.4, 0.5) is 19.1 Å². The molecule has 6 nitrogen and oxygen atoms in total. The number of nitrogens with two attached hydrogens (primary N) is 1. The van der Waals surface area contributed by atoms with Crippen molar-refractivity contribution in [3.8, 4) is 17.0 Å². The Balaban J connectivity index is 1.47. The normalized spacial score (nSPS) is 14.4. The molecule has 3 aromatic rings. The summed E-state index contributed by atoms with van der Waals surface area (Å²) >= 11 is 0. The Labute approximate surface area is 165 Å². The Hall–Kier alpha value is -3.20. The van der Waals surface area contributed by atoms with Crippen LogP contribution in [-0.4, -0.2) is 32.8 Å². The van der Waals surface area contributed by atoms with Crippen LogP contribution in [0, 0.1) is 0 Å². The van der Waals surface area contributed by atoms with Crippen LogP contribution in [0.25, 0.3) is 11.3 Å². The van der Waals surface area contributed by atoms with Gasteiger partial charge in [0.1, 0.15) is 5.75 Å².